The lowest BCUT2D eigenvalue weighted by Gasteiger charge is -2.08. The molecule has 0 aliphatic carbocycles. The fourth-order valence-electron chi connectivity index (χ4n) is 1.79. The Labute approximate surface area is 104 Å². The first-order chi connectivity index (χ1) is 8.34. The van der Waals surface area contributed by atoms with E-state index in [9.17, 15) is 0 Å². The number of para-hydroxylation sites is 1. The average molecular weight is 244 g/mol. The van der Waals surface area contributed by atoms with E-state index in [4.69, 9.17) is 16.3 Å². The molecule has 0 fully saturated rings. The number of aromatic amines is 1. The lowest BCUT2D eigenvalue weighted by atomic mass is 10.2. The van der Waals surface area contributed by atoms with Crippen LogP contribution in [0.1, 0.15) is 0 Å². The third kappa shape index (κ3) is 1.87. The number of H-pyrrole nitrogens is 1. The normalized spacial score (nSPS) is 10.6. The van der Waals surface area contributed by atoms with Gasteiger partial charge in [0.2, 0.25) is 0 Å². The monoisotopic (exact) mass is 243 g/mol. The first-order valence-corrected chi connectivity index (χ1v) is 5.71. The molecule has 1 heterocycles. The maximum Gasteiger partial charge on any atom is 0.155 e. The second-order valence-corrected chi connectivity index (χ2v) is 4.14. The fraction of sp³-hybridized carbons (Fsp3) is 0. The van der Waals surface area contributed by atoms with Crippen LogP contribution in [0.5, 0.6) is 11.5 Å². The molecular weight excluding hydrogens is 234 g/mol. The molecule has 3 aromatic rings. The predicted octanol–water partition coefficient (Wildman–Crippen LogP) is 4.61. The van der Waals surface area contributed by atoms with Crippen molar-refractivity contribution in [1.82, 2.24) is 4.98 Å². The minimum absolute atomic E-state index is 0.612. The maximum absolute atomic E-state index is 6.17. The van der Waals surface area contributed by atoms with Crippen molar-refractivity contribution in [1.29, 1.82) is 0 Å². The van der Waals surface area contributed by atoms with E-state index in [0.717, 1.165) is 16.7 Å². The number of rotatable bonds is 2. The van der Waals surface area contributed by atoms with Gasteiger partial charge in [-0.3, -0.25) is 0 Å². The van der Waals surface area contributed by atoms with Crippen molar-refractivity contribution < 1.29 is 4.74 Å². The second-order valence-electron chi connectivity index (χ2n) is 3.73. The Kier molecular flexibility index (Phi) is 2.50. The molecule has 3 heteroatoms. The number of hydrogen-bond acceptors (Lipinski definition) is 1. The predicted molar refractivity (Wildman–Crippen MR) is 69.8 cm³/mol. The lowest BCUT2D eigenvalue weighted by molar-refractivity contribution is 0.488. The van der Waals surface area contributed by atoms with Gasteiger partial charge in [-0.25, -0.2) is 0 Å². The molecule has 0 radical (unpaired) electrons. The van der Waals surface area contributed by atoms with Gasteiger partial charge < -0.3 is 9.72 Å². The fourth-order valence-corrected chi connectivity index (χ4v) is 1.99. The zero-order valence-corrected chi connectivity index (χ0v) is 9.74. The van der Waals surface area contributed by atoms with Crippen molar-refractivity contribution in [3.05, 3.63) is 59.8 Å². The third-order valence-corrected chi connectivity index (χ3v) is 2.90. The maximum atomic E-state index is 6.17. The summed E-state index contributed by atoms with van der Waals surface area (Å²) >= 11 is 6.17. The van der Waals surface area contributed by atoms with Crippen molar-refractivity contribution in [2.24, 2.45) is 0 Å². The van der Waals surface area contributed by atoms with E-state index < -0.39 is 0 Å². The zero-order chi connectivity index (χ0) is 11.7. The van der Waals surface area contributed by atoms with Gasteiger partial charge in [0.15, 0.2) is 5.75 Å². The van der Waals surface area contributed by atoms with Gasteiger partial charge in [-0.05, 0) is 30.3 Å². The van der Waals surface area contributed by atoms with Crippen LogP contribution in [-0.4, -0.2) is 4.98 Å². The number of aromatic nitrogens is 1. The Bertz CT molecular complexity index is 646. The summed E-state index contributed by atoms with van der Waals surface area (Å²) in [6, 6.07) is 15.4. The number of halogens is 1. The van der Waals surface area contributed by atoms with Crippen molar-refractivity contribution in [2.45, 2.75) is 0 Å². The molecule has 0 aliphatic rings. The topological polar surface area (TPSA) is 25.0 Å². The van der Waals surface area contributed by atoms with E-state index in [0.29, 0.717) is 10.8 Å². The molecule has 3 rings (SSSR count). The van der Waals surface area contributed by atoms with Crippen molar-refractivity contribution in [3.63, 3.8) is 0 Å². The van der Waals surface area contributed by atoms with Gasteiger partial charge in [0.25, 0.3) is 0 Å². The molecule has 0 saturated carbocycles. The number of nitrogens with one attached hydrogen (secondary N) is 1. The minimum atomic E-state index is 0.612. The van der Waals surface area contributed by atoms with Crippen LogP contribution in [0.25, 0.3) is 10.9 Å². The van der Waals surface area contributed by atoms with E-state index >= 15 is 0 Å². The van der Waals surface area contributed by atoms with Crippen LogP contribution in [0.3, 0.4) is 0 Å². The third-order valence-electron chi connectivity index (χ3n) is 2.60. The van der Waals surface area contributed by atoms with Crippen LogP contribution in [0.2, 0.25) is 5.02 Å². The lowest BCUT2D eigenvalue weighted by Crippen LogP contribution is -1.85. The molecule has 0 saturated heterocycles. The van der Waals surface area contributed by atoms with E-state index in [-0.39, 0.29) is 0 Å². The van der Waals surface area contributed by atoms with Crippen molar-refractivity contribution in [3.8, 4) is 11.5 Å². The molecule has 0 atom stereocenters. The quantitative estimate of drug-likeness (QED) is 0.698. The summed E-state index contributed by atoms with van der Waals surface area (Å²) in [6.45, 7) is 0. The van der Waals surface area contributed by atoms with E-state index in [1.54, 1.807) is 0 Å². The molecule has 1 aromatic heterocycles. The van der Waals surface area contributed by atoms with E-state index in [1.165, 1.54) is 0 Å². The standard InChI is InChI=1S/C14H10ClNO/c15-12-6-7-13-11(8-9-16-13)14(12)17-10-4-2-1-3-5-10/h1-9,16H. The Hall–Kier alpha value is -1.93. The van der Waals surface area contributed by atoms with Gasteiger partial charge in [-0.2, -0.15) is 0 Å². The van der Waals surface area contributed by atoms with E-state index in [1.807, 2.05) is 54.7 Å². The van der Waals surface area contributed by atoms with Crippen LogP contribution in [0, 0.1) is 0 Å². The van der Waals surface area contributed by atoms with Gasteiger partial charge in [-0.1, -0.05) is 29.8 Å². The second kappa shape index (κ2) is 4.15. The molecular formula is C14H10ClNO. The molecule has 2 aromatic carbocycles. The summed E-state index contributed by atoms with van der Waals surface area (Å²) in [4.78, 5) is 3.13. The van der Waals surface area contributed by atoms with Crippen LogP contribution in [-0.2, 0) is 0 Å². The van der Waals surface area contributed by atoms with Crippen LogP contribution >= 0.6 is 11.6 Å². The highest BCUT2D eigenvalue weighted by molar-refractivity contribution is 6.33. The molecule has 0 unspecified atom stereocenters. The highest BCUT2D eigenvalue weighted by Gasteiger charge is 2.09. The molecule has 17 heavy (non-hydrogen) atoms. The van der Waals surface area contributed by atoms with Crippen molar-refractivity contribution >= 4 is 22.5 Å². The van der Waals surface area contributed by atoms with Gasteiger partial charge in [-0.15, -0.1) is 0 Å². The Morgan fingerprint density at radius 3 is 2.59 bits per heavy atom. The Morgan fingerprint density at radius 1 is 0.941 bits per heavy atom. The number of ether oxygens (including phenoxy) is 1. The summed E-state index contributed by atoms with van der Waals surface area (Å²) in [6.07, 6.45) is 1.87. The number of benzene rings is 2. The van der Waals surface area contributed by atoms with Crippen LogP contribution in [0.15, 0.2) is 54.7 Å². The van der Waals surface area contributed by atoms with Gasteiger partial charge >= 0.3 is 0 Å². The summed E-state index contributed by atoms with van der Waals surface area (Å²) in [7, 11) is 0. The molecule has 0 bridgehead atoms. The molecule has 1 N–H and O–H groups in total. The molecule has 0 amide bonds. The van der Waals surface area contributed by atoms with Gasteiger partial charge in [0, 0.05) is 17.1 Å². The zero-order valence-electron chi connectivity index (χ0n) is 8.98. The summed E-state index contributed by atoms with van der Waals surface area (Å²) in [5, 5.41) is 1.60. The number of hydrogen-bond donors (Lipinski definition) is 1. The SMILES string of the molecule is Clc1ccc2[nH]ccc2c1Oc1ccccc1. The van der Waals surface area contributed by atoms with E-state index in [2.05, 4.69) is 4.98 Å². The summed E-state index contributed by atoms with van der Waals surface area (Å²) in [5.74, 6) is 1.47. The molecule has 2 nitrogen and oxygen atoms in total. The Balaban J connectivity index is 2.10. The highest BCUT2D eigenvalue weighted by atomic mass is 35.5. The van der Waals surface area contributed by atoms with Gasteiger partial charge in [0.05, 0.1) is 5.02 Å². The minimum Gasteiger partial charge on any atom is -0.455 e. The molecule has 0 aliphatic heterocycles. The summed E-state index contributed by atoms with van der Waals surface area (Å²) in [5.41, 5.74) is 1.01. The Morgan fingerprint density at radius 2 is 1.76 bits per heavy atom. The largest absolute Gasteiger partial charge is 0.455 e. The first kappa shape index (κ1) is 10.2. The van der Waals surface area contributed by atoms with Crippen LogP contribution in [0.4, 0.5) is 0 Å². The average Bonchev–Trinajstić information content (AvgIpc) is 2.83. The first-order valence-electron chi connectivity index (χ1n) is 5.33. The number of fused-ring (bicyclic) bond motifs is 1. The molecule has 84 valence electrons. The highest BCUT2D eigenvalue weighted by Crippen LogP contribution is 2.36. The van der Waals surface area contributed by atoms with Crippen molar-refractivity contribution in [2.75, 3.05) is 0 Å². The van der Waals surface area contributed by atoms with Crippen LogP contribution < -0.4 is 4.74 Å². The smallest absolute Gasteiger partial charge is 0.155 e. The molecule has 0 spiro atoms. The summed E-state index contributed by atoms with van der Waals surface area (Å²) < 4.78 is 5.83. The van der Waals surface area contributed by atoms with Gasteiger partial charge in [0.1, 0.15) is 5.75 Å².